The summed E-state index contributed by atoms with van der Waals surface area (Å²) in [6.45, 7) is 14.4. The maximum atomic E-state index is 12.6. The Morgan fingerprint density at radius 2 is 1.11 bits per heavy atom. The Kier molecular flexibility index (Phi) is 15.9. The fourth-order valence-corrected chi connectivity index (χ4v) is 9.44. The van der Waals surface area contributed by atoms with Crippen LogP contribution in [0.4, 0.5) is 0 Å². The van der Waals surface area contributed by atoms with Crippen molar-refractivity contribution in [3.05, 3.63) is 131 Å². The molecular weight excluding hydrogens is 789 g/mol. The molecule has 2 saturated heterocycles. The Morgan fingerprint density at radius 1 is 0.661 bits per heavy atom. The minimum Gasteiger partial charge on any atom is -0.497 e. The van der Waals surface area contributed by atoms with Crippen LogP contribution in [0.3, 0.4) is 0 Å². The monoisotopic (exact) mass is 854 g/mol. The molecule has 2 N–H and O–H groups in total. The number of carboxylic acid groups (broad SMARTS) is 1. The molecule has 4 aromatic carbocycles. The van der Waals surface area contributed by atoms with E-state index in [1.54, 1.807) is 21.1 Å². The lowest BCUT2D eigenvalue weighted by molar-refractivity contribution is -0.336. The lowest BCUT2D eigenvalue weighted by Crippen LogP contribution is -2.61. The predicted octanol–water partition coefficient (Wildman–Crippen LogP) is 9.71. The summed E-state index contributed by atoms with van der Waals surface area (Å²) in [5.74, 6) is -1.27. The lowest BCUT2D eigenvalue weighted by atomic mass is 9.72. The second kappa shape index (κ2) is 20.9. The van der Waals surface area contributed by atoms with Gasteiger partial charge in [0.2, 0.25) is 0 Å². The number of hydrogen-bond acceptors (Lipinski definition) is 10. The summed E-state index contributed by atoms with van der Waals surface area (Å²) in [5, 5.41) is 22.2. The first kappa shape index (κ1) is 47.2. The van der Waals surface area contributed by atoms with Gasteiger partial charge < -0.3 is 48.1 Å². The number of rotatable bonds is 19. The highest BCUT2D eigenvalue weighted by Crippen LogP contribution is 2.48. The summed E-state index contributed by atoms with van der Waals surface area (Å²) in [7, 11) is 3.24. The van der Waals surface area contributed by atoms with E-state index in [1.165, 1.54) is 0 Å². The van der Waals surface area contributed by atoms with Crippen molar-refractivity contribution in [3.63, 3.8) is 0 Å². The number of hydrogen-bond donors (Lipinski definition) is 2. The van der Waals surface area contributed by atoms with Crippen LogP contribution in [0.5, 0.6) is 11.5 Å². The number of carbonyl (C=O) groups is 1. The van der Waals surface area contributed by atoms with Crippen LogP contribution in [-0.4, -0.2) is 72.1 Å². The van der Waals surface area contributed by atoms with Crippen LogP contribution >= 0.6 is 0 Å². The first-order valence-corrected chi connectivity index (χ1v) is 21.9. The zero-order valence-electron chi connectivity index (χ0n) is 37.6. The van der Waals surface area contributed by atoms with Crippen molar-refractivity contribution in [3.8, 4) is 11.5 Å². The molecule has 336 valence electrons. The topological polar surface area (TPSA) is 131 Å². The Hall–Kier alpha value is -4.33. The number of methoxy groups -OCH3 is 2. The molecule has 2 heterocycles. The maximum Gasteiger partial charge on any atom is 0.308 e. The van der Waals surface area contributed by atoms with Gasteiger partial charge in [-0.2, -0.15) is 0 Å². The van der Waals surface area contributed by atoms with E-state index in [4.69, 9.17) is 37.9 Å². The van der Waals surface area contributed by atoms with E-state index < -0.39 is 72.1 Å². The van der Waals surface area contributed by atoms with Crippen LogP contribution in [0.1, 0.15) is 96.1 Å². The summed E-state index contributed by atoms with van der Waals surface area (Å²) in [5.41, 5.74) is 1.38. The Bertz CT molecular complexity index is 1980. The number of carboxylic acids is 1. The Balaban J connectivity index is 1.39. The van der Waals surface area contributed by atoms with Crippen molar-refractivity contribution in [2.75, 3.05) is 14.2 Å². The van der Waals surface area contributed by atoms with E-state index >= 15 is 0 Å². The molecule has 4 aromatic rings. The zero-order chi connectivity index (χ0) is 44.6. The van der Waals surface area contributed by atoms with Crippen molar-refractivity contribution in [1.29, 1.82) is 0 Å². The minimum absolute atomic E-state index is 0.191. The molecule has 2 unspecified atom stereocenters. The van der Waals surface area contributed by atoms with E-state index in [0.717, 1.165) is 22.3 Å². The van der Waals surface area contributed by atoms with Gasteiger partial charge >= 0.3 is 5.97 Å². The predicted molar refractivity (Wildman–Crippen MR) is 235 cm³/mol. The van der Waals surface area contributed by atoms with Gasteiger partial charge in [0.25, 0.3) is 0 Å². The average molecular weight is 855 g/mol. The van der Waals surface area contributed by atoms with Gasteiger partial charge in [0, 0.05) is 23.0 Å². The standard InChI is InChI=1S/C51H66O11/c1-10-42(52)51(7,58-31-37-19-15-12-16-20-37)46-33(3)43(59-48(62-46)38-21-25-40(55-8)26-22-38)32(2)29-50(6,57-30-36-17-13-11-14-18-36)45-34(4)44(35(5)47(53)54)60-49(61-45)39-23-27-41(56-9)28-24-39/h11-28,32-35,42-46,48-49,52H,10,29-31H2,1-9H3,(H,53,54)/t32-,33+,34+,35-,42-,43+,44+,45-,46-,48?,49?,50-,51-/m1/s1. The van der Waals surface area contributed by atoms with Crippen LogP contribution in [-0.2, 0) is 46.4 Å². The van der Waals surface area contributed by atoms with Gasteiger partial charge in [0.05, 0.1) is 69.5 Å². The van der Waals surface area contributed by atoms with Crippen LogP contribution in [0.2, 0.25) is 0 Å². The van der Waals surface area contributed by atoms with Gasteiger partial charge in [0.15, 0.2) is 12.6 Å². The third-order valence-electron chi connectivity index (χ3n) is 13.1. The van der Waals surface area contributed by atoms with Crippen LogP contribution < -0.4 is 9.47 Å². The van der Waals surface area contributed by atoms with Crippen LogP contribution in [0.25, 0.3) is 0 Å². The Morgan fingerprint density at radius 3 is 1.58 bits per heavy atom. The smallest absolute Gasteiger partial charge is 0.308 e. The highest BCUT2D eigenvalue weighted by molar-refractivity contribution is 5.70. The van der Waals surface area contributed by atoms with Crippen molar-refractivity contribution in [1.82, 2.24) is 0 Å². The van der Waals surface area contributed by atoms with Gasteiger partial charge in [-0.3, -0.25) is 4.79 Å². The zero-order valence-corrected chi connectivity index (χ0v) is 37.6. The third-order valence-corrected chi connectivity index (χ3v) is 13.1. The van der Waals surface area contributed by atoms with Crippen LogP contribution in [0.15, 0.2) is 109 Å². The highest BCUT2D eigenvalue weighted by atomic mass is 16.7. The molecule has 13 atom stereocenters. The Labute approximate surface area is 367 Å². The molecule has 2 aliphatic rings. The normalized spacial score (nSPS) is 27.5. The van der Waals surface area contributed by atoms with Crippen molar-refractivity contribution in [2.24, 2.45) is 23.7 Å². The van der Waals surface area contributed by atoms with Gasteiger partial charge in [-0.25, -0.2) is 0 Å². The van der Waals surface area contributed by atoms with Crippen LogP contribution in [0, 0.1) is 23.7 Å². The fourth-order valence-electron chi connectivity index (χ4n) is 9.44. The molecule has 0 amide bonds. The lowest BCUT2D eigenvalue weighted by Gasteiger charge is -2.53. The average Bonchev–Trinajstić information content (AvgIpc) is 3.30. The highest BCUT2D eigenvalue weighted by Gasteiger charge is 2.55. The second-order valence-corrected chi connectivity index (χ2v) is 17.5. The summed E-state index contributed by atoms with van der Waals surface area (Å²) < 4.78 is 52.3. The van der Waals surface area contributed by atoms with E-state index in [9.17, 15) is 15.0 Å². The summed E-state index contributed by atoms with van der Waals surface area (Å²) in [6.07, 6.45) is -3.98. The van der Waals surface area contributed by atoms with Gasteiger partial charge in [0.1, 0.15) is 17.1 Å². The number of aliphatic hydroxyl groups excluding tert-OH is 1. The van der Waals surface area contributed by atoms with E-state index in [2.05, 4.69) is 20.8 Å². The molecule has 11 heteroatoms. The van der Waals surface area contributed by atoms with Crippen molar-refractivity contribution in [2.45, 2.75) is 129 Å². The molecule has 0 bridgehead atoms. The quantitative estimate of drug-likeness (QED) is 0.0935. The minimum atomic E-state index is -1.13. The molecule has 0 saturated carbocycles. The third kappa shape index (κ3) is 10.7. The van der Waals surface area contributed by atoms with Gasteiger partial charge in [-0.05, 0) is 74.9 Å². The van der Waals surface area contributed by atoms with Crippen molar-refractivity contribution < 1.29 is 52.9 Å². The molecule has 6 rings (SSSR count). The molecule has 11 nitrogen and oxygen atoms in total. The van der Waals surface area contributed by atoms with Gasteiger partial charge in [-0.15, -0.1) is 0 Å². The molecule has 0 radical (unpaired) electrons. The molecule has 0 aromatic heterocycles. The van der Waals surface area contributed by atoms with Crippen molar-refractivity contribution >= 4 is 5.97 Å². The second-order valence-electron chi connectivity index (χ2n) is 17.5. The van der Waals surface area contributed by atoms with E-state index in [0.29, 0.717) is 30.9 Å². The number of ether oxygens (including phenoxy) is 8. The van der Waals surface area contributed by atoms with E-state index in [1.807, 2.05) is 130 Å². The maximum absolute atomic E-state index is 12.6. The summed E-state index contributed by atoms with van der Waals surface area (Å²) in [6, 6.07) is 35.0. The molecular formula is C51H66O11. The molecule has 2 fully saturated rings. The summed E-state index contributed by atoms with van der Waals surface area (Å²) >= 11 is 0. The van der Waals surface area contributed by atoms with Gasteiger partial charge in [-0.1, -0.05) is 113 Å². The SMILES string of the molecule is CC[C@@H](O)[C@@](C)(OCc1ccccc1)[C@@H]1OC(c2ccc(OC)cc2)O[C@@H]([C@H](C)C[C@@](C)(OCc2ccccc2)[C@@H]2OC(c3ccc(OC)cc3)O[C@H]([C@@H](C)C(=O)O)[C@@H]2C)[C@@H]1C. The molecule has 62 heavy (non-hydrogen) atoms. The number of aliphatic carboxylic acids is 1. The molecule has 0 spiro atoms. The number of benzene rings is 4. The number of aliphatic hydroxyl groups is 1. The first-order chi connectivity index (χ1) is 29.7. The first-order valence-electron chi connectivity index (χ1n) is 21.9. The largest absolute Gasteiger partial charge is 0.497 e. The van der Waals surface area contributed by atoms with E-state index in [-0.39, 0.29) is 18.4 Å². The molecule has 0 aliphatic carbocycles. The molecule has 2 aliphatic heterocycles. The fraction of sp³-hybridized carbons (Fsp3) is 0.510. The summed E-state index contributed by atoms with van der Waals surface area (Å²) in [4.78, 5) is 12.6.